The van der Waals surface area contributed by atoms with Crippen LogP contribution in [0.1, 0.15) is 13.3 Å². The van der Waals surface area contributed by atoms with Gasteiger partial charge in [-0.15, -0.1) is 0 Å². The van der Waals surface area contributed by atoms with Crippen molar-refractivity contribution in [3.05, 3.63) is 29.5 Å². The number of amides is 2. The van der Waals surface area contributed by atoms with E-state index in [-0.39, 0.29) is 0 Å². The molecule has 0 heterocycles. The Morgan fingerprint density at radius 1 is 1.17 bits per heavy atom. The van der Waals surface area contributed by atoms with Gasteiger partial charge in [0.05, 0.1) is 11.4 Å². The van der Waals surface area contributed by atoms with Gasteiger partial charge in [-0.1, -0.05) is 19.1 Å². The SMILES string of the molecule is CCC(NC(=O)Nc1ccccc1N([O-])O)(C(F)(F)F)C(F)(F)F. The topological polar surface area (TPSA) is 87.7 Å². The average Bonchev–Trinajstić information content (AvgIpc) is 2.42. The molecular weight excluding hydrogens is 348 g/mol. The first kappa shape index (κ1) is 19.8. The molecule has 0 fully saturated rings. The summed E-state index contributed by atoms with van der Waals surface area (Å²) in [5.41, 5.74) is -5.52. The monoisotopic (exact) mass is 360 g/mol. The van der Waals surface area contributed by atoms with Crippen molar-refractivity contribution in [3.8, 4) is 0 Å². The summed E-state index contributed by atoms with van der Waals surface area (Å²) >= 11 is 0. The third-order valence-electron chi connectivity index (χ3n) is 3.18. The highest BCUT2D eigenvalue weighted by Gasteiger charge is 2.70. The van der Waals surface area contributed by atoms with Crippen LogP contribution in [-0.2, 0) is 0 Å². The molecule has 1 aromatic rings. The van der Waals surface area contributed by atoms with Crippen LogP contribution in [0.2, 0.25) is 0 Å². The van der Waals surface area contributed by atoms with Crippen LogP contribution in [0.25, 0.3) is 0 Å². The minimum Gasteiger partial charge on any atom is -0.733 e. The van der Waals surface area contributed by atoms with Gasteiger partial charge < -0.3 is 21.1 Å². The van der Waals surface area contributed by atoms with Gasteiger partial charge in [-0.3, -0.25) is 5.21 Å². The third kappa shape index (κ3) is 3.82. The molecule has 0 aliphatic rings. The first-order chi connectivity index (χ1) is 10.9. The molecule has 2 amide bonds. The van der Waals surface area contributed by atoms with Gasteiger partial charge in [-0.05, 0) is 18.6 Å². The first-order valence-electron chi connectivity index (χ1n) is 6.33. The predicted octanol–water partition coefficient (Wildman–Crippen LogP) is 3.77. The lowest BCUT2D eigenvalue weighted by Crippen LogP contribution is -2.67. The standard InChI is InChI=1S/C12H12F6N3O3/c1-2-10(11(13,14)15,12(16,17)18)20-9(22)19-7-5-3-4-6-8(7)21(23)24/h3-6,23H,2H2,1H3,(H2,19,20,22)/q-1. The highest BCUT2D eigenvalue weighted by atomic mass is 19.4. The highest BCUT2D eigenvalue weighted by Crippen LogP contribution is 2.45. The predicted molar refractivity (Wildman–Crippen MR) is 71.4 cm³/mol. The quantitative estimate of drug-likeness (QED) is 0.563. The molecule has 1 aromatic carbocycles. The summed E-state index contributed by atoms with van der Waals surface area (Å²) in [6, 6.07) is 2.64. The summed E-state index contributed by atoms with van der Waals surface area (Å²) in [6.07, 6.45) is -13.1. The van der Waals surface area contributed by atoms with E-state index in [0.717, 1.165) is 17.4 Å². The maximum atomic E-state index is 12.9. The molecule has 136 valence electrons. The van der Waals surface area contributed by atoms with E-state index in [1.54, 1.807) is 5.32 Å². The number of nitrogens with zero attached hydrogens (tertiary/aromatic N) is 1. The average molecular weight is 360 g/mol. The summed E-state index contributed by atoms with van der Waals surface area (Å²) in [5, 5.41) is 21.5. The maximum Gasteiger partial charge on any atom is 0.420 e. The van der Waals surface area contributed by atoms with Crippen LogP contribution in [0.5, 0.6) is 0 Å². The number of para-hydroxylation sites is 2. The van der Waals surface area contributed by atoms with Gasteiger partial charge in [0, 0.05) is 0 Å². The fraction of sp³-hybridized carbons (Fsp3) is 0.417. The van der Waals surface area contributed by atoms with Crippen molar-refractivity contribution in [2.24, 2.45) is 0 Å². The number of carbonyl (C=O) groups is 1. The van der Waals surface area contributed by atoms with Crippen molar-refractivity contribution in [2.45, 2.75) is 31.2 Å². The Kier molecular flexibility index (Phi) is 5.56. The summed E-state index contributed by atoms with van der Waals surface area (Å²) in [6.45, 7) is 0.613. The minimum atomic E-state index is -5.81. The third-order valence-corrected chi connectivity index (χ3v) is 3.18. The van der Waals surface area contributed by atoms with E-state index in [9.17, 15) is 36.3 Å². The van der Waals surface area contributed by atoms with Crippen LogP contribution in [0, 0.1) is 5.21 Å². The molecule has 0 radical (unpaired) electrons. The Morgan fingerprint density at radius 2 is 1.67 bits per heavy atom. The molecular formula is C12H12F6N3O3-. The molecule has 0 saturated heterocycles. The smallest absolute Gasteiger partial charge is 0.420 e. The number of hydrogen-bond acceptors (Lipinski definition) is 4. The van der Waals surface area contributed by atoms with Crippen LogP contribution in [0.4, 0.5) is 42.5 Å². The van der Waals surface area contributed by atoms with Gasteiger partial charge in [0.2, 0.25) is 5.54 Å². The van der Waals surface area contributed by atoms with Crippen LogP contribution in [0.3, 0.4) is 0 Å². The number of anilines is 2. The van der Waals surface area contributed by atoms with Crippen molar-refractivity contribution in [1.29, 1.82) is 0 Å². The second kappa shape index (κ2) is 6.73. The van der Waals surface area contributed by atoms with Crippen molar-refractivity contribution in [1.82, 2.24) is 5.32 Å². The molecule has 3 N–H and O–H groups in total. The van der Waals surface area contributed by atoms with Crippen LogP contribution >= 0.6 is 0 Å². The van der Waals surface area contributed by atoms with Crippen molar-refractivity contribution in [3.63, 3.8) is 0 Å². The summed E-state index contributed by atoms with van der Waals surface area (Å²) in [7, 11) is 0. The van der Waals surface area contributed by atoms with Crippen LogP contribution in [0.15, 0.2) is 24.3 Å². The summed E-state index contributed by atoms with van der Waals surface area (Å²) in [4.78, 5) is 11.6. The molecule has 12 heteroatoms. The molecule has 6 nitrogen and oxygen atoms in total. The number of hydrogen-bond donors (Lipinski definition) is 3. The lowest BCUT2D eigenvalue weighted by atomic mass is 9.94. The lowest BCUT2D eigenvalue weighted by molar-refractivity contribution is -0.304. The largest absolute Gasteiger partial charge is 0.733 e. The number of urea groups is 1. The number of rotatable bonds is 4. The van der Waals surface area contributed by atoms with Gasteiger partial charge >= 0.3 is 18.4 Å². The van der Waals surface area contributed by atoms with E-state index in [1.807, 2.05) is 0 Å². The van der Waals surface area contributed by atoms with E-state index >= 15 is 0 Å². The van der Waals surface area contributed by atoms with E-state index in [1.165, 1.54) is 12.1 Å². The van der Waals surface area contributed by atoms with E-state index in [2.05, 4.69) is 0 Å². The van der Waals surface area contributed by atoms with Gasteiger partial charge in [-0.25, -0.2) is 4.79 Å². The molecule has 0 bridgehead atoms. The highest BCUT2D eigenvalue weighted by molar-refractivity contribution is 5.93. The fourth-order valence-electron chi connectivity index (χ4n) is 1.89. The zero-order valence-electron chi connectivity index (χ0n) is 12.0. The number of alkyl halides is 6. The van der Waals surface area contributed by atoms with Crippen LogP contribution < -0.4 is 15.9 Å². The fourth-order valence-corrected chi connectivity index (χ4v) is 1.89. The molecule has 0 aliphatic heterocycles. The molecule has 24 heavy (non-hydrogen) atoms. The molecule has 0 atom stereocenters. The lowest BCUT2D eigenvalue weighted by Gasteiger charge is -2.37. The second-order valence-electron chi connectivity index (χ2n) is 4.62. The zero-order chi connectivity index (χ0) is 18.8. The number of halogens is 6. The second-order valence-corrected chi connectivity index (χ2v) is 4.62. The van der Waals surface area contributed by atoms with Crippen molar-refractivity contribution < 1.29 is 36.3 Å². The van der Waals surface area contributed by atoms with Gasteiger partial charge in [-0.2, -0.15) is 26.3 Å². The Balaban J connectivity index is 3.12. The maximum absolute atomic E-state index is 12.9. The van der Waals surface area contributed by atoms with Gasteiger partial charge in [0.15, 0.2) is 0 Å². The zero-order valence-corrected chi connectivity index (χ0v) is 12.0. The molecule has 0 aromatic heterocycles. The Hall–Kier alpha value is -2.21. The number of carbonyl (C=O) groups excluding carboxylic acids is 1. The van der Waals surface area contributed by atoms with E-state index in [0.29, 0.717) is 6.92 Å². The molecule has 1 rings (SSSR count). The minimum absolute atomic E-state index is 0.484. The Morgan fingerprint density at radius 3 is 2.08 bits per heavy atom. The molecule has 0 saturated carbocycles. The Bertz CT molecular complexity index is 574. The van der Waals surface area contributed by atoms with Crippen molar-refractivity contribution in [2.75, 3.05) is 10.5 Å². The van der Waals surface area contributed by atoms with E-state index in [4.69, 9.17) is 5.21 Å². The molecule has 0 aliphatic carbocycles. The van der Waals surface area contributed by atoms with E-state index < -0.39 is 46.9 Å². The molecule has 0 unspecified atom stereocenters. The normalized spacial score (nSPS) is 12.7. The molecule has 0 spiro atoms. The number of nitrogens with one attached hydrogen (secondary N) is 2. The summed E-state index contributed by atoms with van der Waals surface area (Å²) < 4.78 is 77.5. The van der Waals surface area contributed by atoms with Gasteiger partial charge in [0.25, 0.3) is 0 Å². The number of benzene rings is 1. The summed E-state index contributed by atoms with van der Waals surface area (Å²) in [5.74, 6) is 0. The van der Waals surface area contributed by atoms with Crippen LogP contribution in [-0.4, -0.2) is 29.1 Å². The van der Waals surface area contributed by atoms with Gasteiger partial charge in [0.1, 0.15) is 0 Å². The van der Waals surface area contributed by atoms with Crippen molar-refractivity contribution >= 4 is 17.4 Å². The first-order valence-corrected chi connectivity index (χ1v) is 6.33. The Labute approximate surface area is 131 Å².